The Hall–Kier alpha value is -2.55. The molecule has 0 heterocycles. The summed E-state index contributed by atoms with van der Waals surface area (Å²) in [6.07, 6.45) is -3.82. The zero-order chi connectivity index (χ0) is 20.4. The van der Waals surface area contributed by atoms with Crippen molar-refractivity contribution in [3.63, 3.8) is 0 Å². The fraction of sp³-hybridized carbons (Fsp3) is 0.278. The zero-order valence-corrected chi connectivity index (χ0v) is 15.7. The van der Waals surface area contributed by atoms with Crippen molar-refractivity contribution >= 4 is 15.7 Å². The van der Waals surface area contributed by atoms with Gasteiger partial charge < -0.3 is 9.64 Å². The van der Waals surface area contributed by atoms with Crippen molar-refractivity contribution in [3.05, 3.63) is 59.2 Å². The molecule has 0 spiro atoms. The third-order valence-electron chi connectivity index (χ3n) is 3.82. The van der Waals surface area contributed by atoms with Crippen LogP contribution in [0.15, 0.2) is 47.4 Å². The molecule has 0 fully saturated rings. The maximum atomic E-state index is 12.7. The van der Waals surface area contributed by atoms with Crippen LogP contribution in [-0.4, -0.2) is 38.9 Å². The first-order valence-corrected chi connectivity index (χ1v) is 9.67. The molecule has 2 aromatic rings. The van der Waals surface area contributed by atoms with Crippen LogP contribution in [0.25, 0.3) is 0 Å². The number of amides is 1. The van der Waals surface area contributed by atoms with Crippen molar-refractivity contribution in [3.8, 4) is 5.75 Å². The zero-order valence-electron chi connectivity index (χ0n) is 14.9. The first kappa shape index (κ1) is 20.8. The topological polar surface area (TPSA) is 63.7 Å². The third-order valence-corrected chi connectivity index (χ3v) is 4.93. The van der Waals surface area contributed by atoms with Crippen LogP contribution in [0.1, 0.15) is 21.5 Å². The summed E-state index contributed by atoms with van der Waals surface area (Å²) in [4.78, 5) is 13.9. The minimum absolute atomic E-state index is 0.00865. The van der Waals surface area contributed by atoms with E-state index < -0.39 is 27.9 Å². The summed E-state index contributed by atoms with van der Waals surface area (Å²) in [5.74, 6) is -0.911. The molecule has 0 radical (unpaired) electrons. The summed E-state index contributed by atoms with van der Waals surface area (Å²) in [5, 5.41) is 0. The minimum Gasteiger partial charge on any atom is -0.405 e. The van der Waals surface area contributed by atoms with E-state index in [0.717, 1.165) is 12.3 Å². The number of nitrogens with zero attached hydrogens (tertiary/aromatic N) is 1. The van der Waals surface area contributed by atoms with Gasteiger partial charge in [0.2, 0.25) is 0 Å². The molecule has 9 heteroatoms. The number of carbonyl (C=O) groups excluding carboxylic acids is 1. The molecule has 0 aliphatic heterocycles. The van der Waals surface area contributed by atoms with Crippen LogP contribution in [0, 0.1) is 6.92 Å². The molecule has 0 saturated heterocycles. The Morgan fingerprint density at radius 1 is 1.15 bits per heavy atom. The van der Waals surface area contributed by atoms with E-state index in [9.17, 15) is 26.4 Å². The maximum Gasteiger partial charge on any atom is 0.573 e. The molecule has 1 amide bonds. The standard InChI is InChI=1S/C18H18F3NO4S/c1-12-8-9-14(27(3,24)25)10-15(12)17(23)22(2)11-13-6-4-5-7-16(13)26-18(19,20)21/h4-10H,11H2,1-3H3. The van der Waals surface area contributed by atoms with Crippen LogP contribution in [0.5, 0.6) is 5.75 Å². The number of sulfone groups is 1. The molecule has 0 atom stereocenters. The fourth-order valence-corrected chi connectivity index (χ4v) is 3.10. The van der Waals surface area contributed by atoms with Gasteiger partial charge in [0.1, 0.15) is 5.75 Å². The van der Waals surface area contributed by atoms with Crippen molar-refractivity contribution in [2.75, 3.05) is 13.3 Å². The van der Waals surface area contributed by atoms with E-state index in [0.29, 0.717) is 5.56 Å². The van der Waals surface area contributed by atoms with Gasteiger partial charge in [-0.25, -0.2) is 8.42 Å². The number of rotatable bonds is 5. The molecule has 146 valence electrons. The summed E-state index contributed by atoms with van der Waals surface area (Å²) >= 11 is 0. The average Bonchev–Trinajstić information content (AvgIpc) is 2.54. The van der Waals surface area contributed by atoms with Gasteiger partial charge in [0.15, 0.2) is 9.84 Å². The Bertz CT molecular complexity index is 955. The second-order valence-corrected chi connectivity index (χ2v) is 8.08. The Morgan fingerprint density at radius 3 is 2.37 bits per heavy atom. The lowest BCUT2D eigenvalue weighted by atomic mass is 10.1. The van der Waals surface area contributed by atoms with Gasteiger partial charge in [-0.1, -0.05) is 24.3 Å². The largest absolute Gasteiger partial charge is 0.573 e. The Balaban J connectivity index is 2.30. The highest BCUT2D eigenvalue weighted by molar-refractivity contribution is 7.90. The SMILES string of the molecule is Cc1ccc(S(C)(=O)=O)cc1C(=O)N(C)Cc1ccccc1OC(F)(F)F. The first-order chi connectivity index (χ1) is 12.4. The maximum absolute atomic E-state index is 12.7. The number of carbonyl (C=O) groups is 1. The molecule has 2 aromatic carbocycles. The molecule has 2 rings (SSSR count). The second kappa shape index (κ2) is 7.59. The number of aryl methyl sites for hydroxylation is 1. The van der Waals surface area contributed by atoms with Crippen LogP contribution in [0.3, 0.4) is 0 Å². The first-order valence-electron chi connectivity index (χ1n) is 7.78. The number of ether oxygens (including phenoxy) is 1. The molecule has 27 heavy (non-hydrogen) atoms. The minimum atomic E-state index is -4.85. The molecule has 5 nitrogen and oxygen atoms in total. The summed E-state index contributed by atoms with van der Waals surface area (Å²) in [6.45, 7) is 1.50. The van der Waals surface area contributed by atoms with E-state index in [4.69, 9.17) is 0 Å². The van der Waals surface area contributed by atoms with Gasteiger partial charge >= 0.3 is 6.36 Å². The second-order valence-electron chi connectivity index (χ2n) is 6.07. The Kier molecular flexibility index (Phi) is 5.84. The number of benzene rings is 2. The van der Waals surface area contributed by atoms with E-state index in [1.54, 1.807) is 6.92 Å². The lowest BCUT2D eigenvalue weighted by Crippen LogP contribution is -2.28. The highest BCUT2D eigenvalue weighted by atomic mass is 32.2. The third kappa shape index (κ3) is 5.46. The van der Waals surface area contributed by atoms with Crippen molar-refractivity contribution in [2.45, 2.75) is 24.7 Å². The van der Waals surface area contributed by atoms with Crippen LogP contribution in [-0.2, 0) is 16.4 Å². The highest BCUT2D eigenvalue weighted by Crippen LogP contribution is 2.27. The molecular formula is C18H18F3NO4S. The van der Waals surface area contributed by atoms with Gasteiger partial charge in [-0.15, -0.1) is 13.2 Å². The molecule has 0 aliphatic carbocycles. The molecular weight excluding hydrogens is 383 g/mol. The molecule has 0 saturated carbocycles. The van der Waals surface area contributed by atoms with Gasteiger partial charge in [-0.05, 0) is 30.7 Å². The van der Waals surface area contributed by atoms with E-state index in [1.165, 1.54) is 48.3 Å². The Morgan fingerprint density at radius 2 is 1.78 bits per heavy atom. The normalized spacial score (nSPS) is 11.9. The molecule has 0 N–H and O–H groups in total. The quantitative estimate of drug-likeness (QED) is 0.769. The van der Waals surface area contributed by atoms with Gasteiger partial charge in [-0.3, -0.25) is 4.79 Å². The lowest BCUT2D eigenvalue weighted by Gasteiger charge is -2.21. The van der Waals surface area contributed by atoms with Crippen molar-refractivity contribution in [1.82, 2.24) is 4.90 Å². The van der Waals surface area contributed by atoms with Gasteiger partial charge in [0, 0.05) is 31.0 Å². The van der Waals surface area contributed by atoms with Crippen molar-refractivity contribution in [1.29, 1.82) is 0 Å². The predicted molar refractivity (Wildman–Crippen MR) is 93.2 cm³/mol. The monoisotopic (exact) mass is 401 g/mol. The smallest absolute Gasteiger partial charge is 0.405 e. The van der Waals surface area contributed by atoms with Crippen LogP contribution >= 0.6 is 0 Å². The van der Waals surface area contributed by atoms with Gasteiger partial charge in [0.25, 0.3) is 5.91 Å². The van der Waals surface area contributed by atoms with Crippen molar-refractivity contribution < 1.29 is 31.1 Å². The molecule has 0 aliphatic rings. The number of hydrogen-bond donors (Lipinski definition) is 0. The lowest BCUT2D eigenvalue weighted by molar-refractivity contribution is -0.275. The van der Waals surface area contributed by atoms with E-state index in [1.807, 2.05) is 0 Å². The van der Waals surface area contributed by atoms with Crippen LogP contribution in [0.2, 0.25) is 0 Å². The number of para-hydroxylation sites is 1. The summed E-state index contributed by atoms with van der Waals surface area (Å²) in [5.41, 5.74) is 0.885. The highest BCUT2D eigenvalue weighted by Gasteiger charge is 2.32. The number of alkyl halides is 3. The summed E-state index contributed by atoms with van der Waals surface area (Å²) < 4.78 is 65.0. The van der Waals surface area contributed by atoms with Gasteiger partial charge in [0.05, 0.1) is 4.90 Å². The summed E-state index contributed by atoms with van der Waals surface area (Å²) in [6, 6.07) is 9.69. The number of halogens is 3. The fourth-order valence-electron chi connectivity index (χ4n) is 2.45. The van der Waals surface area contributed by atoms with Crippen LogP contribution < -0.4 is 4.74 Å². The van der Waals surface area contributed by atoms with Crippen molar-refractivity contribution in [2.24, 2.45) is 0 Å². The van der Waals surface area contributed by atoms with Crippen LogP contribution in [0.4, 0.5) is 13.2 Å². The summed E-state index contributed by atoms with van der Waals surface area (Å²) in [7, 11) is -2.09. The van der Waals surface area contributed by atoms with E-state index in [-0.39, 0.29) is 22.6 Å². The molecule has 0 bridgehead atoms. The number of hydrogen-bond acceptors (Lipinski definition) is 4. The predicted octanol–water partition coefficient (Wildman–Crippen LogP) is 3.57. The van der Waals surface area contributed by atoms with E-state index in [2.05, 4.69) is 4.74 Å². The average molecular weight is 401 g/mol. The van der Waals surface area contributed by atoms with E-state index >= 15 is 0 Å². The molecule has 0 aromatic heterocycles. The molecule has 0 unspecified atom stereocenters. The van der Waals surface area contributed by atoms with Gasteiger partial charge in [-0.2, -0.15) is 0 Å². The Labute approximate surface area is 155 Å².